The molecule has 0 fully saturated rings. The van der Waals surface area contributed by atoms with Crippen LogP contribution in [0.4, 0.5) is 5.69 Å². The molecule has 0 atom stereocenters. The first-order valence-corrected chi connectivity index (χ1v) is 9.61. The molecule has 0 aliphatic heterocycles. The smallest absolute Gasteiger partial charge is 0.256 e. The number of fused-ring (bicyclic) bond motifs is 2. The summed E-state index contributed by atoms with van der Waals surface area (Å²) in [6.45, 7) is 0. The van der Waals surface area contributed by atoms with Gasteiger partial charge < -0.3 is 14.8 Å². The molecule has 28 heavy (non-hydrogen) atoms. The van der Waals surface area contributed by atoms with Crippen molar-refractivity contribution in [2.45, 2.75) is 19.3 Å². The third kappa shape index (κ3) is 3.25. The first kappa shape index (κ1) is 18.8. The van der Waals surface area contributed by atoms with Crippen molar-refractivity contribution in [1.82, 2.24) is 4.98 Å². The van der Waals surface area contributed by atoms with E-state index in [2.05, 4.69) is 5.32 Å². The minimum Gasteiger partial charge on any atom is -0.495 e. The van der Waals surface area contributed by atoms with Crippen molar-refractivity contribution in [3.05, 3.63) is 57.2 Å². The number of halogens is 2. The number of aromatic nitrogens is 1. The van der Waals surface area contributed by atoms with Gasteiger partial charge in [0.15, 0.2) is 0 Å². The summed E-state index contributed by atoms with van der Waals surface area (Å²) in [5.74, 6) is 0.660. The zero-order valence-electron chi connectivity index (χ0n) is 15.4. The number of aryl methyl sites for hydroxylation is 1. The van der Waals surface area contributed by atoms with Crippen LogP contribution >= 0.6 is 23.2 Å². The van der Waals surface area contributed by atoms with Crippen LogP contribution in [0.1, 0.15) is 28.0 Å². The van der Waals surface area contributed by atoms with Crippen LogP contribution in [-0.2, 0) is 12.8 Å². The van der Waals surface area contributed by atoms with E-state index in [-0.39, 0.29) is 5.91 Å². The second-order valence-electron chi connectivity index (χ2n) is 6.57. The number of nitrogens with zero attached hydrogens (tertiary/aromatic N) is 1. The molecule has 5 nitrogen and oxygen atoms in total. The number of carbonyl (C=O) groups excluding carboxylic acids is 1. The lowest BCUT2D eigenvalue weighted by molar-refractivity contribution is 0.102. The number of hydrogen-bond donors (Lipinski definition) is 1. The number of methoxy groups -OCH3 is 2. The minimum absolute atomic E-state index is 0.240. The molecule has 0 spiro atoms. The van der Waals surface area contributed by atoms with Crippen molar-refractivity contribution in [2.24, 2.45) is 0 Å². The first-order valence-electron chi connectivity index (χ1n) is 8.85. The second-order valence-corrected chi connectivity index (χ2v) is 7.41. The van der Waals surface area contributed by atoms with Crippen molar-refractivity contribution in [3.8, 4) is 11.5 Å². The molecule has 144 valence electrons. The van der Waals surface area contributed by atoms with Gasteiger partial charge in [-0.05, 0) is 43.0 Å². The SMILES string of the molecule is COc1cc(NC(=O)c2c3c(nc4ccc(Cl)cc24)CCC3)c(OC)cc1Cl. The monoisotopic (exact) mass is 416 g/mol. The lowest BCUT2D eigenvalue weighted by Crippen LogP contribution is -2.16. The molecule has 0 radical (unpaired) electrons. The first-order chi connectivity index (χ1) is 13.5. The number of carbonyl (C=O) groups is 1. The zero-order chi connectivity index (χ0) is 19.8. The van der Waals surface area contributed by atoms with Crippen LogP contribution in [0.25, 0.3) is 10.9 Å². The Morgan fingerprint density at radius 1 is 1.07 bits per heavy atom. The van der Waals surface area contributed by atoms with Crippen molar-refractivity contribution in [3.63, 3.8) is 0 Å². The molecule has 1 N–H and O–H groups in total. The number of rotatable bonds is 4. The molecule has 1 heterocycles. The number of ether oxygens (including phenoxy) is 2. The van der Waals surface area contributed by atoms with Crippen molar-refractivity contribution in [1.29, 1.82) is 0 Å². The lowest BCUT2D eigenvalue weighted by atomic mass is 10.0. The molecule has 1 aliphatic carbocycles. The Morgan fingerprint density at radius 2 is 1.86 bits per heavy atom. The summed E-state index contributed by atoms with van der Waals surface area (Å²) in [6.07, 6.45) is 2.66. The van der Waals surface area contributed by atoms with Crippen LogP contribution in [0.15, 0.2) is 30.3 Å². The van der Waals surface area contributed by atoms with Crippen LogP contribution in [0.5, 0.6) is 11.5 Å². The molecule has 2 aromatic carbocycles. The van der Waals surface area contributed by atoms with E-state index in [1.54, 1.807) is 24.3 Å². The van der Waals surface area contributed by atoms with Crippen molar-refractivity contribution < 1.29 is 14.3 Å². The van der Waals surface area contributed by atoms with E-state index in [9.17, 15) is 4.79 Å². The highest BCUT2D eigenvalue weighted by Gasteiger charge is 2.25. The standard InChI is InChI=1S/C21H18Cl2N2O3/c1-27-18-10-17(19(28-2)9-14(18)23)25-21(26)20-12-4-3-5-15(12)24-16-7-6-11(22)8-13(16)20/h6-10H,3-5H2,1-2H3,(H,25,26). The Balaban J connectivity index is 1.83. The van der Waals surface area contributed by atoms with Crippen LogP contribution in [-0.4, -0.2) is 25.1 Å². The Kier molecular flexibility index (Phi) is 5.04. The maximum Gasteiger partial charge on any atom is 0.256 e. The average Bonchev–Trinajstić information content (AvgIpc) is 3.14. The van der Waals surface area contributed by atoms with Crippen LogP contribution in [0.3, 0.4) is 0 Å². The van der Waals surface area contributed by atoms with Gasteiger partial charge in [-0.1, -0.05) is 23.2 Å². The van der Waals surface area contributed by atoms with Gasteiger partial charge in [0.1, 0.15) is 11.5 Å². The minimum atomic E-state index is -0.240. The van der Waals surface area contributed by atoms with Gasteiger partial charge in [-0.25, -0.2) is 0 Å². The largest absolute Gasteiger partial charge is 0.495 e. The molecule has 7 heteroatoms. The molecule has 0 unspecified atom stereocenters. The number of nitrogens with one attached hydrogen (secondary N) is 1. The second kappa shape index (κ2) is 7.49. The van der Waals surface area contributed by atoms with Crippen molar-refractivity contribution >= 4 is 45.7 Å². The molecule has 0 saturated carbocycles. The normalized spacial score (nSPS) is 12.7. The number of pyridine rings is 1. The third-order valence-electron chi connectivity index (χ3n) is 4.92. The molecule has 1 amide bonds. The van der Waals surface area contributed by atoms with E-state index in [4.69, 9.17) is 37.7 Å². The van der Waals surface area contributed by atoms with E-state index in [0.29, 0.717) is 32.8 Å². The molecule has 0 bridgehead atoms. The molecular weight excluding hydrogens is 399 g/mol. The van der Waals surface area contributed by atoms with Crippen LogP contribution in [0.2, 0.25) is 10.0 Å². The molecule has 4 rings (SSSR count). The molecule has 1 aromatic heterocycles. The van der Waals surface area contributed by atoms with Gasteiger partial charge in [0.05, 0.1) is 36.0 Å². The van der Waals surface area contributed by atoms with Crippen LogP contribution < -0.4 is 14.8 Å². The van der Waals surface area contributed by atoms with E-state index in [1.807, 2.05) is 6.07 Å². The highest BCUT2D eigenvalue weighted by molar-refractivity contribution is 6.32. The summed E-state index contributed by atoms with van der Waals surface area (Å²) in [5.41, 5.74) is 3.80. The number of amides is 1. The zero-order valence-corrected chi connectivity index (χ0v) is 16.9. The summed E-state index contributed by atoms with van der Waals surface area (Å²) in [7, 11) is 3.04. The molecular formula is C21H18Cl2N2O3. The van der Waals surface area contributed by atoms with E-state index >= 15 is 0 Å². The van der Waals surface area contributed by atoms with E-state index < -0.39 is 0 Å². The quantitative estimate of drug-likeness (QED) is 0.626. The number of anilines is 1. The summed E-state index contributed by atoms with van der Waals surface area (Å²) < 4.78 is 10.6. The Bertz CT molecular complexity index is 1100. The highest BCUT2D eigenvalue weighted by Crippen LogP contribution is 2.37. The van der Waals surface area contributed by atoms with Gasteiger partial charge in [0.25, 0.3) is 5.91 Å². The third-order valence-corrected chi connectivity index (χ3v) is 5.45. The topological polar surface area (TPSA) is 60.5 Å². The predicted molar refractivity (Wildman–Crippen MR) is 111 cm³/mol. The summed E-state index contributed by atoms with van der Waals surface area (Å²) in [5, 5.41) is 4.65. The van der Waals surface area contributed by atoms with Gasteiger partial charge in [0, 0.05) is 28.2 Å². The summed E-state index contributed by atoms with van der Waals surface area (Å²) in [4.78, 5) is 18.1. The van der Waals surface area contributed by atoms with Crippen LogP contribution in [0, 0.1) is 0 Å². The fourth-order valence-electron chi connectivity index (χ4n) is 3.64. The molecule has 3 aromatic rings. The Morgan fingerprint density at radius 3 is 2.61 bits per heavy atom. The lowest BCUT2D eigenvalue weighted by Gasteiger charge is -2.16. The van der Waals surface area contributed by atoms with Gasteiger partial charge in [-0.3, -0.25) is 9.78 Å². The molecule has 0 saturated heterocycles. The highest BCUT2D eigenvalue weighted by atomic mass is 35.5. The van der Waals surface area contributed by atoms with E-state index in [1.165, 1.54) is 14.2 Å². The maximum atomic E-state index is 13.3. The fourth-order valence-corrected chi connectivity index (χ4v) is 4.04. The average molecular weight is 417 g/mol. The number of benzene rings is 2. The Hall–Kier alpha value is -2.50. The molecule has 1 aliphatic rings. The fraction of sp³-hybridized carbons (Fsp3) is 0.238. The Labute approximate surface area is 172 Å². The van der Waals surface area contributed by atoms with Crippen molar-refractivity contribution in [2.75, 3.05) is 19.5 Å². The summed E-state index contributed by atoms with van der Waals surface area (Å²) in [6, 6.07) is 8.68. The van der Waals surface area contributed by atoms with Gasteiger partial charge in [-0.15, -0.1) is 0 Å². The van der Waals surface area contributed by atoms with Gasteiger partial charge >= 0.3 is 0 Å². The van der Waals surface area contributed by atoms with Gasteiger partial charge in [0.2, 0.25) is 0 Å². The maximum absolute atomic E-state index is 13.3. The van der Waals surface area contributed by atoms with Gasteiger partial charge in [-0.2, -0.15) is 0 Å². The predicted octanol–water partition coefficient (Wildman–Crippen LogP) is 5.30. The van der Waals surface area contributed by atoms with E-state index in [0.717, 1.165) is 41.4 Å². The number of hydrogen-bond acceptors (Lipinski definition) is 4. The summed E-state index contributed by atoms with van der Waals surface area (Å²) >= 11 is 12.4.